The van der Waals surface area contributed by atoms with Crippen molar-refractivity contribution in [1.82, 2.24) is 18.7 Å². The van der Waals surface area contributed by atoms with Gasteiger partial charge in [0, 0.05) is 37.3 Å². The highest BCUT2D eigenvalue weighted by atomic mass is 32.1. The Morgan fingerprint density at radius 1 is 1.19 bits per heavy atom. The fourth-order valence-electron chi connectivity index (χ4n) is 4.87. The van der Waals surface area contributed by atoms with Gasteiger partial charge in [-0.2, -0.15) is 0 Å². The molecule has 0 saturated carbocycles. The summed E-state index contributed by atoms with van der Waals surface area (Å²) in [5, 5.41) is 3.46. The van der Waals surface area contributed by atoms with Crippen LogP contribution in [0.2, 0.25) is 0 Å². The first kappa shape index (κ1) is 19.9. The molecule has 0 saturated heterocycles. The number of benzene rings is 1. The van der Waals surface area contributed by atoms with E-state index in [0.29, 0.717) is 28.7 Å². The fourth-order valence-corrected chi connectivity index (χ4v) is 5.90. The van der Waals surface area contributed by atoms with Crippen molar-refractivity contribution in [2.24, 2.45) is 20.0 Å². The van der Waals surface area contributed by atoms with Crippen LogP contribution in [-0.2, 0) is 20.6 Å². The molecule has 0 unspecified atom stereocenters. The Hall–Kier alpha value is -3.00. The number of aromatic nitrogens is 4. The SMILES string of the molecule is Cc1csc([C@@H]2c3c4c(c(-c5cccc(F)c5)n3CC[C@H]2C)c(=O)n(C)c(=O)n4C)n1. The lowest BCUT2D eigenvalue weighted by molar-refractivity contribution is 0.377. The molecule has 160 valence electrons. The van der Waals surface area contributed by atoms with Gasteiger partial charge in [-0.15, -0.1) is 11.3 Å². The summed E-state index contributed by atoms with van der Waals surface area (Å²) in [6, 6.07) is 6.31. The average Bonchev–Trinajstić information content (AvgIpc) is 3.32. The van der Waals surface area contributed by atoms with Crippen molar-refractivity contribution in [2.75, 3.05) is 0 Å². The zero-order valence-electron chi connectivity index (χ0n) is 17.8. The van der Waals surface area contributed by atoms with Crippen molar-refractivity contribution in [2.45, 2.75) is 32.7 Å². The normalized spacial score (nSPS) is 18.5. The molecule has 4 aromatic rings. The topological polar surface area (TPSA) is 61.8 Å². The molecule has 0 bridgehead atoms. The van der Waals surface area contributed by atoms with Crippen molar-refractivity contribution >= 4 is 22.2 Å². The van der Waals surface area contributed by atoms with Gasteiger partial charge in [-0.05, 0) is 31.4 Å². The first-order valence-corrected chi connectivity index (χ1v) is 11.2. The molecule has 1 aliphatic rings. The molecule has 1 aromatic carbocycles. The molecule has 0 radical (unpaired) electrons. The van der Waals surface area contributed by atoms with Gasteiger partial charge in [0.1, 0.15) is 10.8 Å². The van der Waals surface area contributed by atoms with Crippen molar-refractivity contribution in [3.8, 4) is 11.3 Å². The fraction of sp³-hybridized carbons (Fsp3) is 0.348. The Kier molecular flexibility index (Phi) is 4.51. The van der Waals surface area contributed by atoms with E-state index in [2.05, 4.69) is 11.5 Å². The second kappa shape index (κ2) is 7.02. The first-order valence-electron chi connectivity index (χ1n) is 10.3. The molecule has 0 N–H and O–H groups in total. The van der Waals surface area contributed by atoms with E-state index in [1.165, 1.54) is 19.2 Å². The molecule has 8 heteroatoms. The van der Waals surface area contributed by atoms with Crippen LogP contribution < -0.4 is 11.2 Å². The predicted octanol–water partition coefficient (Wildman–Crippen LogP) is 3.78. The second-order valence-electron chi connectivity index (χ2n) is 8.40. The molecule has 0 fully saturated rings. The van der Waals surface area contributed by atoms with Crippen LogP contribution in [0.15, 0.2) is 39.2 Å². The Morgan fingerprint density at radius 2 is 1.97 bits per heavy atom. The third-order valence-corrected chi connectivity index (χ3v) is 7.42. The molecular formula is C23H23FN4O2S. The van der Waals surface area contributed by atoms with E-state index >= 15 is 0 Å². The predicted molar refractivity (Wildman–Crippen MR) is 120 cm³/mol. The number of thiazole rings is 1. The summed E-state index contributed by atoms with van der Waals surface area (Å²) in [5.41, 5.74) is 3.07. The van der Waals surface area contributed by atoms with Crippen molar-refractivity contribution in [1.29, 1.82) is 0 Å². The minimum absolute atomic E-state index is 0.0463. The lowest BCUT2D eigenvalue weighted by Gasteiger charge is -2.31. The van der Waals surface area contributed by atoms with E-state index in [1.807, 2.05) is 18.4 Å². The number of hydrogen-bond donors (Lipinski definition) is 0. The maximum atomic E-state index is 14.2. The third kappa shape index (κ3) is 2.85. The van der Waals surface area contributed by atoms with Crippen LogP contribution in [0.25, 0.3) is 22.2 Å². The summed E-state index contributed by atoms with van der Waals surface area (Å²) >= 11 is 1.60. The molecule has 0 spiro atoms. The number of halogens is 1. The molecule has 4 heterocycles. The van der Waals surface area contributed by atoms with Crippen LogP contribution in [0.5, 0.6) is 0 Å². The molecule has 0 amide bonds. The second-order valence-corrected chi connectivity index (χ2v) is 9.29. The smallest absolute Gasteiger partial charge is 0.331 e. The van der Waals surface area contributed by atoms with Gasteiger partial charge in [-0.25, -0.2) is 14.2 Å². The average molecular weight is 439 g/mol. The Bertz CT molecular complexity index is 1460. The van der Waals surface area contributed by atoms with Crippen molar-refractivity contribution in [3.05, 3.63) is 72.7 Å². The molecule has 2 atom stereocenters. The Labute approximate surface area is 182 Å². The number of rotatable bonds is 2. The van der Waals surface area contributed by atoms with Gasteiger partial charge >= 0.3 is 5.69 Å². The van der Waals surface area contributed by atoms with Gasteiger partial charge in [0.15, 0.2) is 0 Å². The first-order chi connectivity index (χ1) is 14.8. The maximum Gasteiger partial charge on any atom is 0.331 e. The molecule has 0 aliphatic carbocycles. The summed E-state index contributed by atoms with van der Waals surface area (Å²) in [6.45, 7) is 4.84. The van der Waals surface area contributed by atoms with E-state index in [4.69, 9.17) is 4.98 Å². The van der Waals surface area contributed by atoms with Crippen LogP contribution >= 0.6 is 11.3 Å². The third-order valence-electron chi connectivity index (χ3n) is 6.38. The molecule has 3 aromatic heterocycles. The molecule has 6 nitrogen and oxygen atoms in total. The van der Waals surface area contributed by atoms with Gasteiger partial charge in [0.2, 0.25) is 0 Å². The Balaban J connectivity index is 1.98. The molecule has 31 heavy (non-hydrogen) atoms. The lowest BCUT2D eigenvalue weighted by atomic mass is 9.85. The molecule has 1 aliphatic heterocycles. The standard InChI is InChI=1S/C23H23FN4O2S/c1-12-8-9-28-18(14-6-5-7-15(24)10-14)17-19(26(3)23(30)27(4)22(17)29)20(28)16(12)21-25-13(2)11-31-21/h5-7,10-12,16H,8-9H2,1-4H3/t12-,16+/m1/s1. The van der Waals surface area contributed by atoms with Crippen LogP contribution in [0.4, 0.5) is 4.39 Å². The quantitative estimate of drug-likeness (QED) is 0.479. The van der Waals surface area contributed by atoms with Crippen LogP contribution in [-0.4, -0.2) is 18.7 Å². The van der Waals surface area contributed by atoms with Gasteiger partial charge in [-0.3, -0.25) is 13.9 Å². The van der Waals surface area contributed by atoms with Crippen LogP contribution in [0, 0.1) is 18.7 Å². The summed E-state index contributed by atoms with van der Waals surface area (Å²) < 4.78 is 19.0. The number of fused-ring (bicyclic) bond motifs is 3. The van der Waals surface area contributed by atoms with Gasteiger partial charge in [0.05, 0.1) is 28.2 Å². The number of hydrogen-bond acceptors (Lipinski definition) is 4. The molecular weight excluding hydrogens is 415 g/mol. The van der Waals surface area contributed by atoms with Crippen molar-refractivity contribution in [3.63, 3.8) is 0 Å². The Morgan fingerprint density at radius 3 is 2.65 bits per heavy atom. The maximum absolute atomic E-state index is 14.2. The number of nitrogens with zero attached hydrogens (tertiary/aromatic N) is 4. The van der Waals surface area contributed by atoms with Crippen molar-refractivity contribution < 1.29 is 4.39 Å². The van der Waals surface area contributed by atoms with E-state index in [9.17, 15) is 14.0 Å². The lowest BCUT2D eigenvalue weighted by Crippen LogP contribution is -2.37. The van der Waals surface area contributed by atoms with E-state index in [-0.39, 0.29) is 28.9 Å². The summed E-state index contributed by atoms with van der Waals surface area (Å²) in [6.07, 6.45) is 0.897. The summed E-state index contributed by atoms with van der Waals surface area (Å²) in [4.78, 5) is 31.0. The summed E-state index contributed by atoms with van der Waals surface area (Å²) in [5.74, 6) is -0.121. The van der Waals surface area contributed by atoms with E-state index in [0.717, 1.165) is 27.4 Å². The highest BCUT2D eigenvalue weighted by Gasteiger charge is 2.37. The zero-order valence-corrected chi connectivity index (χ0v) is 18.7. The molecule has 5 rings (SSSR count). The van der Waals surface area contributed by atoms with Crippen LogP contribution in [0.3, 0.4) is 0 Å². The van der Waals surface area contributed by atoms with Gasteiger partial charge in [-0.1, -0.05) is 19.1 Å². The monoisotopic (exact) mass is 438 g/mol. The highest BCUT2D eigenvalue weighted by Crippen LogP contribution is 2.45. The highest BCUT2D eigenvalue weighted by molar-refractivity contribution is 7.09. The minimum Gasteiger partial charge on any atom is -0.341 e. The minimum atomic E-state index is -0.371. The van der Waals surface area contributed by atoms with E-state index < -0.39 is 0 Å². The largest absolute Gasteiger partial charge is 0.341 e. The van der Waals surface area contributed by atoms with Crippen LogP contribution in [0.1, 0.15) is 35.7 Å². The van der Waals surface area contributed by atoms with Gasteiger partial charge in [0.25, 0.3) is 5.56 Å². The summed E-state index contributed by atoms with van der Waals surface area (Å²) in [7, 11) is 3.18. The van der Waals surface area contributed by atoms with E-state index in [1.54, 1.807) is 29.0 Å². The zero-order chi connectivity index (χ0) is 22.0. The number of aryl methyl sites for hydroxylation is 2. The van der Waals surface area contributed by atoms with Gasteiger partial charge < -0.3 is 4.57 Å².